The zero-order chi connectivity index (χ0) is 23.0. The molecular formula is C27H28N2O4. The zero-order valence-corrected chi connectivity index (χ0v) is 18.4. The fourth-order valence-electron chi connectivity index (χ4n) is 4.18. The van der Waals surface area contributed by atoms with Gasteiger partial charge in [-0.15, -0.1) is 0 Å². The molecule has 0 saturated carbocycles. The van der Waals surface area contributed by atoms with Crippen LogP contribution < -0.4 is 11.1 Å². The lowest BCUT2D eigenvalue weighted by Gasteiger charge is -2.19. The van der Waals surface area contributed by atoms with Crippen molar-refractivity contribution in [1.29, 1.82) is 0 Å². The molecule has 0 unspecified atom stereocenters. The fourth-order valence-corrected chi connectivity index (χ4v) is 4.18. The van der Waals surface area contributed by atoms with Crippen molar-refractivity contribution < 1.29 is 19.1 Å². The van der Waals surface area contributed by atoms with E-state index in [1.165, 1.54) is 0 Å². The quantitative estimate of drug-likeness (QED) is 0.478. The van der Waals surface area contributed by atoms with Crippen molar-refractivity contribution in [3.63, 3.8) is 0 Å². The van der Waals surface area contributed by atoms with Crippen LogP contribution in [0.1, 0.15) is 35.4 Å². The minimum absolute atomic E-state index is 0.0457. The number of hydrogen-bond acceptors (Lipinski definition) is 5. The van der Waals surface area contributed by atoms with Crippen molar-refractivity contribution in [1.82, 2.24) is 5.32 Å². The molecule has 0 fully saturated rings. The highest BCUT2D eigenvalue weighted by atomic mass is 16.6. The first-order valence-electron chi connectivity index (χ1n) is 11.2. The first kappa shape index (κ1) is 22.6. The average molecular weight is 445 g/mol. The smallest absolute Gasteiger partial charge is 0.407 e. The van der Waals surface area contributed by atoms with Crippen LogP contribution in [0.25, 0.3) is 11.1 Å². The van der Waals surface area contributed by atoms with Crippen molar-refractivity contribution in [2.75, 3.05) is 13.2 Å². The summed E-state index contributed by atoms with van der Waals surface area (Å²) in [6, 6.07) is 24.9. The Morgan fingerprint density at radius 1 is 0.848 bits per heavy atom. The fraction of sp³-hybridized carbons (Fsp3) is 0.259. The molecule has 1 amide bonds. The second-order valence-electron chi connectivity index (χ2n) is 8.05. The lowest BCUT2D eigenvalue weighted by atomic mass is 9.98. The number of hydrogen-bond donors (Lipinski definition) is 2. The maximum absolute atomic E-state index is 12.6. The number of alkyl carbamates (subject to hydrolysis) is 1. The SMILES string of the molecule is NCCC[C@@H](NC(=O)OCC1c2ccccc2-c2ccccc21)C(=O)OCc1ccccc1. The molecule has 0 radical (unpaired) electrons. The van der Waals surface area contributed by atoms with Gasteiger partial charge in [0.2, 0.25) is 0 Å². The molecule has 3 aromatic carbocycles. The summed E-state index contributed by atoms with van der Waals surface area (Å²) in [5.41, 5.74) is 11.1. The summed E-state index contributed by atoms with van der Waals surface area (Å²) < 4.78 is 11.0. The number of carbonyl (C=O) groups excluding carboxylic acids is 2. The molecule has 0 aliphatic heterocycles. The first-order valence-corrected chi connectivity index (χ1v) is 11.2. The summed E-state index contributed by atoms with van der Waals surface area (Å²) in [7, 11) is 0. The Balaban J connectivity index is 1.37. The van der Waals surface area contributed by atoms with Gasteiger partial charge in [0.25, 0.3) is 0 Å². The molecule has 1 aliphatic carbocycles. The second kappa shape index (κ2) is 10.8. The van der Waals surface area contributed by atoms with Crippen LogP contribution in [0.2, 0.25) is 0 Å². The normalized spacial score (nSPS) is 13.0. The van der Waals surface area contributed by atoms with E-state index >= 15 is 0 Å². The number of nitrogens with two attached hydrogens (primary N) is 1. The molecule has 0 bridgehead atoms. The number of benzene rings is 3. The third kappa shape index (κ3) is 5.41. The van der Waals surface area contributed by atoms with Gasteiger partial charge < -0.3 is 20.5 Å². The summed E-state index contributed by atoms with van der Waals surface area (Å²) in [6.07, 6.45) is 0.318. The van der Waals surface area contributed by atoms with Gasteiger partial charge in [-0.25, -0.2) is 9.59 Å². The van der Waals surface area contributed by atoms with Gasteiger partial charge in [0.05, 0.1) is 0 Å². The van der Waals surface area contributed by atoms with Gasteiger partial charge in [0.15, 0.2) is 0 Å². The second-order valence-corrected chi connectivity index (χ2v) is 8.05. The van der Waals surface area contributed by atoms with Gasteiger partial charge in [0, 0.05) is 5.92 Å². The Bertz CT molecular complexity index is 1050. The highest BCUT2D eigenvalue weighted by Crippen LogP contribution is 2.44. The van der Waals surface area contributed by atoms with Gasteiger partial charge in [0.1, 0.15) is 19.3 Å². The summed E-state index contributed by atoms with van der Waals surface area (Å²) in [5.74, 6) is -0.545. The van der Waals surface area contributed by atoms with E-state index < -0.39 is 18.1 Å². The first-order chi connectivity index (χ1) is 16.2. The van der Waals surface area contributed by atoms with E-state index in [1.807, 2.05) is 54.6 Å². The van der Waals surface area contributed by atoms with Gasteiger partial charge in [-0.3, -0.25) is 0 Å². The molecular weight excluding hydrogens is 416 g/mol. The van der Waals surface area contributed by atoms with Crippen LogP contribution in [-0.2, 0) is 20.9 Å². The molecule has 6 heteroatoms. The Hall–Kier alpha value is -3.64. The average Bonchev–Trinajstić information content (AvgIpc) is 3.18. The number of carbonyl (C=O) groups is 2. The monoisotopic (exact) mass is 444 g/mol. The third-order valence-corrected chi connectivity index (χ3v) is 5.84. The Morgan fingerprint density at radius 2 is 1.45 bits per heavy atom. The Labute approximate surface area is 193 Å². The Morgan fingerprint density at radius 3 is 2.09 bits per heavy atom. The number of ether oxygens (including phenoxy) is 2. The lowest BCUT2D eigenvalue weighted by Crippen LogP contribution is -2.42. The standard InChI is InChI=1S/C27H28N2O4/c28-16-8-15-25(26(30)32-17-19-9-2-1-3-10-19)29-27(31)33-18-24-22-13-6-4-11-20(22)21-12-5-7-14-23(21)24/h1-7,9-14,24-25H,8,15-18,28H2,(H,29,31)/t25-/m1/s1. The van der Waals surface area contributed by atoms with Crippen LogP contribution >= 0.6 is 0 Å². The number of amides is 1. The van der Waals surface area contributed by atoms with E-state index in [9.17, 15) is 9.59 Å². The molecule has 170 valence electrons. The third-order valence-electron chi connectivity index (χ3n) is 5.84. The molecule has 0 aromatic heterocycles. The number of nitrogens with one attached hydrogen (secondary N) is 1. The van der Waals surface area contributed by atoms with Crippen molar-refractivity contribution in [3.05, 3.63) is 95.6 Å². The highest BCUT2D eigenvalue weighted by molar-refractivity contribution is 5.82. The maximum Gasteiger partial charge on any atom is 0.407 e. The summed E-state index contributed by atoms with van der Waals surface area (Å²) in [6.45, 7) is 0.739. The minimum Gasteiger partial charge on any atom is -0.459 e. The summed E-state index contributed by atoms with van der Waals surface area (Å²) in [5, 5.41) is 2.67. The van der Waals surface area contributed by atoms with Crippen LogP contribution in [0.3, 0.4) is 0 Å². The van der Waals surface area contributed by atoms with Crippen molar-refractivity contribution in [2.45, 2.75) is 31.4 Å². The van der Waals surface area contributed by atoms with Crippen LogP contribution in [0.4, 0.5) is 4.79 Å². The lowest BCUT2D eigenvalue weighted by molar-refractivity contribution is -0.147. The molecule has 1 atom stereocenters. The minimum atomic E-state index is -0.812. The molecule has 33 heavy (non-hydrogen) atoms. The van der Waals surface area contributed by atoms with Gasteiger partial charge in [-0.1, -0.05) is 78.9 Å². The van der Waals surface area contributed by atoms with Gasteiger partial charge in [-0.05, 0) is 47.2 Å². The van der Waals surface area contributed by atoms with Crippen molar-refractivity contribution >= 4 is 12.1 Å². The topological polar surface area (TPSA) is 90.6 Å². The number of rotatable bonds is 9. The van der Waals surface area contributed by atoms with E-state index in [-0.39, 0.29) is 19.1 Å². The molecule has 0 spiro atoms. The van der Waals surface area contributed by atoms with Gasteiger partial charge >= 0.3 is 12.1 Å². The molecule has 6 nitrogen and oxygen atoms in total. The van der Waals surface area contributed by atoms with E-state index in [1.54, 1.807) is 0 Å². The predicted octanol–water partition coefficient (Wildman–Crippen LogP) is 4.38. The number of fused-ring (bicyclic) bond motifs is 3. The van der Waals surface area contributed by atoms with Crippen molar-refractivity contribution in [2.24, 2.45) is 5.73 Å². The summed E-state index contributed by atoms with van der Waals surface area (Å²) >= 11 is 0. The van der Waals surface area contributed by atoms with E-state index in [0.29, 0.717) is 19.4 Å². The molecule has 4 rings (SSSR count). The summed E-state index contributed by atoms with van der Waals surface area (Å²) in [4.78, 5) is 25.2. The molecule has 1 aliphatic rings. The highest BCUT2D eigenvalue weighted by Gasteiger charge is 2.30. The molecule has 3 N–H and O–H groups in total. The van der Waals surface area contributed by atoms with E-state index in [4.69, 9.17) is 15.2 Å². The molecule has 3 aromatic rings. The number of esters is 1. The predicted molar refractivity (Wildman–Crippen MR) is 127 cm³/mol. The van der Waals surface area contributed by atoms with Crippen LogP contribution in [0.15, 0.2) is 78.9 Å². The largest absolute Gasteiger partial charge is 0.459 e. The van der Waals surface area contributed by atoms with E-state index in [0.717, 1.165) is 27.8 Å². The molecule has 0 saturated heterocycles. The zero-order valence-electron chi connectivity index (χ0n) is 18.4. The molecule has 0 heterocycles. The van der Waals surface area contributed by atoms with Crippen LogP contribution in [0, 0.1) is 0 Å². The van der Waals surface area contributed by atoms with Crippen LogP contribution in [-0.4, -0.2) is 31.3 Å². The van der Waals surface area contributed by atoms with Gasteiger partial charge in [-0.2, -0.15) is 0 Å². The van der Waals surface area contributed by atoms with Crippen molar-refractivity contribution in [3.8, 4) is 11.1 Å². The van der Waals surface area contributed by atoms with Crippen LogP contribution in [0.5, 0.6) is 0 Å². The maximum atomic E-state index is 12.6. The van der Waals surface area contributed by atoms with E-state index in [2.05, 4.69) is 29.6 Å². The Kier molecular flexibility index (Phi) is 7.37.